The molecule has 0 aromatic carbocycles. The fourth-order valence-electron chi connectivity index (χ4n) is 1.20. The summed E-state index contributed by atoms with van der Waals surface area (Å²) in [6, 6.07) is 2.62. The van der Waals surface area contributed by atoms with E-state index >= 15 is 0 Å². The van der Waals surface area contributed by atoms with E-state index in [9.17, 15) is 13.6 Å². The first-order valence-corrected chi connectivity index (χ1v) is 4.54. The van der Waals surface area contributed by atoms with Crippen LogP contribution in [-0.4, -0.2) is 18.1 Å². The predicted octanol–water partition coefficient (Wildman–Crippen LogP) is 1.19. The third-order valence-electron chi connectivity index (χ3n) is 2.06. The molecule has 0 amide bonds. The van der Waals surface area contributed by atoms with Crippen LogP contribution in [0.15, 0.2) is 6.07 Å². The number of aromatic nitrogens is 1. The minimum Gasteiger partial charge on any atom is -0.469 e. The van der Waals surface area contributed by atoms with Crippen molar-refractivity contribution >= 4 is 11.8 Å². The van der Waals surface area contributed by atoms with Crippen molar-refractivity contribution in [2.45, 2.75) is 12.8 Å². The van der Waals surface area contributed by atoms with Crippen molar-refractivity contribution in [3.63, 3.8) is 0 Å². The third kappa shape index (κ3) is 2.87. The number of halogens is 2. The fraction of sp³-hybridized carbons (Fsp3) is 0.300. The Kier molecular flexibility index (Phi) is 3.93. The minimum atomic E-state index is -2.82. The number of hydrogen-bond acceptors (Lipinski definition) is 5. The quantitative estimate of drug-likeness (QED) is 0.803. The van der Waals surface area contributed by atoms with Crippen LogP contribution in [0.25, 0.3) is 0 Å². The normalized spacial score (nSPS) is 10.1. The molecule has 0 radical (unpaired) electrons. The summed E-state index contributed by atoms with van der Waals surface area (Å²) in [5.74, 6) is -1.02. The van der Waals surface area contributed by atoms with E-state index in [1.54, 1.807) is 6.07 Å². The maximum atomic E-state index is 12.5. The molecule has 0 atom stereocenters. The number of rotatable bonds is 3. The van der Waals surface area contributed by atoms with Crippen LogP contribution >= 0.6 is 0 Å². The number of methoxy groups -OCH3 is 1. The van der Waals surface area contributed by atoms with E-state index in [-0.39, 0.29) is 17.7 Å². The van der Waals surface area contributed by atoms with Crippen LogP contribution in [-0.2, 0) is 16.0 Å². The number of ether oxygens (including phenoxy) is 1. The Bertz CT molecular complexity index is 483. The Labute approximate surface area is 95.8 Å². The molecule has 0 aliphatic rings. The van der Waals surface area contributed by atoms with Gasteiger partial charge in [0.2, 0.25) is 0 Å². The zero-order chi connectivity index (χ0) is 13.0. The van der Waals surface area contributed by atoms with Crippen molar-refractivity contribution in [3.8, 4) is 6.07 Å². The lowest BCUT2D eigenvalue weighted by Gasteiger charge is -2.08. The summed E-state index contributed by atoms with van der Waals surface area (Å²) in [4.78, 5) is 14.6. The first kappa shape index (κ1) is 12.8. The smallest absolute Gasteiger partial charge is 0.311 e. The first-order valence-electron chi connectivity index (χ1n) is 4.54. The Balaban J connectivity index is 3.20. The van der Waals surface area contributed by atoms with Gasteiger partial charge in [0.25, 0.3) is 6.43 Å². The molecule has 0 saturated heterocycles. The predicted molar refractivity (Wildman–Crippen MR) is 54.0 cm³/mol. The van der Waals surface area contributed by atoms with Crippen molar-refractivity contribution in [2.75, 3.05) is 12.8 Å². The second-order valence-corrected chi connectivity index (χ2v) is 3.12. The number of pyridine rings is 1. The van der Waals surface area contributed by atoms with Gasteiger partial charge in [-0.05, 0) is 6.07 Å². The molecule has 0 spiro atoms. The highest BCUT2D eigenvalue weighted by Gasteiger charge is 2.18. The number of hydrogen-bond donors (Lipinski definition) is 1. The van der Waals surface area contributed by atoms with Crippen LogP contribution in [0.1, 0.15) is 23.2 Å². The second kappa shape index (κ2) is 5.21. The average Bonchev–Trinajstić information content (AvgIpc) is 2.28. The molecular formula is C10H9F2N3O2. The molecule has 17 heavy (non-hydrogen) atoms. The van der Waals surface area contributed by atoms with E-state index in [0.717, 1.165) is 6.07 Å². The van der Waals surface area contributed by atoms with E-state index in [1.165, 1.54) is 7.11 Å². The summed E-state index contributed by atoms with van der Waals surface area (Å²) >= 11 is 0. The zero-order valence-electron chi connectivity index (χ0n) is 8.91. The molecule has 1 aromatic rings. The number of nitrogens with zero attached hydrogens (tertiary/aromatic N) is 2. The van der Waals surface area contributed by atoms with Crippen molar-refractivity contribution in [3.05, 3.63) is 22.9 Å². The highest BCUT2D eigenvalue weighted by Crippen LogP contribution is 2.25. The number of esters is 1. The van der Waals surface area contributed by atoms with E-state index in [0.29, 0.717) is 0 Å². The topological polar surface area (TPSA) is 89.0 Å². The number of nitrogens with two attached hydrogens (primary N) is 1. The largest absolute Gasteiger partial charge is 0.469 e. The minimum absolute atomic E-state index is 0.0289. The van der Waals surface area contributed by atoms with Crippen LogP contribution < -0.4 is 5.73 Å². The Morgan fingerprint density at radius 2 is 2.35 bits per heavy atom. The fourth-order valence-corrected chi connectivity index (χ4v) is 1.20. The molecule has 0 aliphatic heterocycles. The first-order chi connectivity index (χ1) is 7.99. The van der Waals surface area contributed by atoms with Crippen LogP contribution in [0, 0.1) is 11.3 Å². The SMILES string of the molecule is COC(=O)Cc1nc(N)c(C(F)F)cc1C#N. The van der Waals surface area contributed by atoms with Gasteiger partial charge in [-0.15, -0.1) is 0 Å². The van der Waals surface area contributed by atoms with E-state index in [1.807, 2.05) is 0 Å². The van der Waals surface area contributed by atoms with Gasteiger partial charge in [-0.2, -0.15) is 5.26 Å². The molecule has 5 nitrogen and oxygen atoms in total. The monoisotopic (exact) mass is 241 g/mol. The molecule has 1 rings (SSSR count). The molecule has 2 N–H and O–H groups in total. The molecule has 0 unspecified atom stereocenters. The number of carbonyl (C=O) groups is 1. The highest BCUT2D eigenvalue weighted by molar-refractivity contribution is 5.73. The maximum Gasteiger partial charge on any atom is 0.311 e. The lowest BCUT2D eigenvalue weighted by molar-refractivity contribution is -0.139. The summed E-state index contributed by atoms with van der Waals surface area (Å²) in [5.41, 5.74) is 4.71. The number of anilines is 1. The highest BCUT2D eigenvalue weighted by atomic mass is 19.3. The van der Waals surface area contributed by atoms with Crippen LogP contribution in [0.3, 0.4) is 0 Å². The summed E-state index contributed by atoms with van der Waals surface area (Å²) in [7, 11) is 1.17. The lowest BCUT2D eigenvalue weighted by Crippen LogP contribution is -2.11. The molecule has 1 aromatic heterocycles. The van der Waals surface area contributed by atoms with Gasteiger partial charge in [0.1, 0.15) is 11.9 Å². The third-order valence-corrected chi connectivity index (χ3v) is 2.06. The molecular weight excluding hydrogens is 232 g/mol. The standard InChI is InChI=1S/C10H9F2N3O2/c1-17-8(16)3-7-5(4-13)2-6(9(11)12)10(14)15-7/h2,9H,3H2,1H3,(H2,14,15). The Morgan fingerprint density at radius 3 is 2.82 bits per heavy atom. The van der Waals surface area contributed by atoms with Gasteiger partial charge < -0.3 is 10.5 Å². The Morgan fingerprint density at radius 1 is 1.71 bits per heavy atom. The number of nitrogen functional groups attached to an aromatic ring is 1. The van der Waals surface area contributed by atoms with E-state index < -0.39 is 23.8 Å². The number of carbonyl (C=O) groups excluding carboxylic acids is 1. The van der Waals surface area contributed by atoms with Crippen LogP contribution in [0.2, 0.25) is 0 Å². The molecule has 0 aliphatic carbocycles. The molecule has 0 saturated carbocycles. The van der Waals surface area contributed by atoms with Crippen LogP contribution in [0.4, 0.5) is 14.6 Å². The van der Waals surface area contributed by atoms with Crippen molar-refractivity contribution in [1.82, 2.24) is 4.98 Å². The molecule has 1 heterocycles. The zero-order valence-corrected chi connectivity index (χ0v) is 8.91. The summed E-state index contributed by atoms with van der Waals surface area (Å²) < 4.78 is 29.4. The van der Waals surface area contributed by atoms with E-state index in [4.69, 9.17) is 11.0 Å². The van der Waals surface area contributed by atoms with Crippen molar-refractivity contribution < 1.29 is 18.3 Å². The molecule has 0 bridgehead atoms. The summed E-state index contributed by atoms with van der Waals surface area (Å²) in [6.45, 7) is 0. The van der Waals surface area contributed by atoms with Gasteiger partial charge in [-0.3, -0.25) is 4.79 Å². The second-order valence-electron chi connectivity index (χ2n) is 3.12. The average molecular weight is 241 g/mol. The molecule has 7 heteroatoms. The maximum absolute atomic E-state index is 12.5. The van der Waals surface area contributed by atoms with Gasteiger partial charge >= 0.3 is 5.97 Å². The van der Waals surface area contributed by atoms with E-state index in [2.05, 4.69) is 9.72 Å². The van der Waals surface area contributed by atoms with Gasteiger partial charge in [0.05, 0.1) is 30.4 Å². The summed E-state index contributed by atoms with van der Waals surface area (Å²) in [5, 5.41) is 8.77. The molecule has 90 valence electrons. The lowest BCUT2D eigenvalue weighted by atomic mass is 10.1. The Hall–Kier alpha value is -2.23. The number of alkyl halides is 2. The van der Waals surface area contributed by atoms with Crippen molar-refractivity contribution in [1.29, 1.82) is 5.26 Å². The number of nitriles is 1. The van der Waals surface area contributed by atoms with Gasteiger partial charge in [0.15, 0.2) is 0 Å². The van der Waals surface area contributed by atoms with Crippen molar-refractivity contribution in [2.24, 2.45) is 0 Å². The summed E-state index contributed by atoms with van der Waals surface area (Å²) in [6.07, 6.45) is -3.10. The van der Waals surface area contributed by atoms with Gasteiger partial charge in [-0.1, -0.05) is 0 Å². The van der Waals surface area contributed by atoms with Crippen LogP contribution in [0.5, 0.6) is 0 Å². The van der Waals surface area contributed by atoms with Gasteiger partial charge in [-0.25, -0.2) is 13.8 Å². The van der Waals surface area contributed by atoms with Gasteiger partial charge in [0, 0.05) is 0 Å². The molecule has 0 fully saturated rings.